The van der Waals surface area contributed by atoms with E-state index in [-0.39, 0.29) is 24.4 Å². The summed E-state index contributed by atoms with van der Waals surface area (Å²) in [6, 6.07) is 8.04. The molecule has 1 aromatic carbocycles. The number of fused-ring (bicyclic) bond motifs is 1. The van der Waals surface area contributed by atoms with E-state index in [0.717, 1.165) is 13.0 Å². The maximum absolute atomic E-state index is 11.9. The Labute approximate surface area is 108 Å². The third-order valence-corrected chi connectivity index (χ3v) is 3.27. The van der Waals surface area contributed by atoms with Crippen molar-refractivity contribution in [3.05, 3.63) is 35.4 Å². The van der Waals surface area contributed by atoms with E-state index in [1.54, 1.807) is 6.92 Å². The molecule has 0 radical (unpaired) electrons. The van der Waals surface area contributed by atoms with Gasteiger partial charge in [-0.2, -0.15) is 0 Å². The van der Waals surface area contributed by atoms with Crippen LogP contribution in [0.1, 0.15) is 31.0 Å². The number of carbonyl (C=O) groups excluding carboxylic acids is 1. The first-order chi connectivity index (χ1) is 7.61. The summed E-state index contributed by atoms with van der Waals surface area (Å²) in [5.41, 5.74) is 8.26. The van der Waals surface area contributed by atoms with Crippen LogP contribution in [0.2, 0.25) is 0 Å². The van der Waals surface area contributed by atoms with Gasteiger partial charge in [0.1, 0.15) is 0 Å². The first-order valence-electron chi connectivity index (χ1n) is 5.75. The van der Waals surface area contributed by atoms with Crippen LogP contribution < -0.4 is 5.73 Å². The van der Waals surface area contributed by atoms with E-state index in [1.165, 1.54) is 11.1 Å². The number of hydrogen-bond donors (Lipinski definition) is 1. The van der Waals surface area contributed by atoms with Crippen LogP contribution in [-0.2, 0) is 11.2 Å². The van der Waals surface area contributed by atoms with Gasteiger partial charge in [0, 0.05) is 6.54 Å². The van der Waals surface area contributed by atoms with Crippen molar-refractivity contribution < 1.29 is 4.79 Å². The van der Waals surface area contributed by atoms with E-state index in [4.69, 9.17) is 5.73 Å². The second kappa shape index (κ2) is 5.52. The molecule has 17 heavy (non-hydrogen) atoms. The Balaban J connectivity index is 0.00000144. The average molecular weight is 255 g/mol. The van der Waals surface area contributed by atoms with Crippen molar-refractivity contribution in [1.29, 1.82) is 0 Å². The van der Waals surface area contributed by atoms with Gasteiger partial charge in [0.25, 0.3) is 0 Å². The predicted molar refractivity (Wildman–Crippen MR) is 71.2 cm³/mol. The molecule has 1 heterocycles. The Hall–Kier alpha value is -1.06. The van der Waals surface area contributed by atoms with Gasteiger partial charge in [0.05, 0.1) is 12.1 Å². The molecule has 1 aliphatic heterocycles. The van der Waals surface area contributed by atoms with E-state index in [0.29, 0.717) is 0 Å². The monoisotopic (exact) mass is 254 g/mol. The number of carbonyl (C=O) groups is 1. The molecule has 0 spiro atoms. The highest BCUT2D eigenvalue weighted by Gasteiger charge is 2.28. The number of hydrogen-bond acceptors (Lipinski definition) is 2. The van der Waals surface area contributed by atoms with Crippen molar-refractivity contribution >= 4 is 18.3 Å². The van der Waals surface area contributed by atoms with Gasteiger partial charge in [0.15, 0.2) is 0 Å². The summed E-state index contributed by atoms with van der Waals surface area (Å²) in [5, 5.41) is 0. The quantitative estimate of drug-likeness (QED) is 0.832. The fraction of sp³-hybridized carbons (Fsp3) is 0.462. The Morgan fingerprint density at radius 1 is 1.47 bits per heavy atom. The van der Waals surface area contributed by atoms with Crippen LogP contribution in [0.25, 0.3) is 0 Å². The van der Waals surface area contributed by atoms with Gasteiger partial charge in [-0.15, -0.1) is 12.4 Å². The minimum Gasteiger partial charge on any atom is -0.334 e. The van der Waals surface area contributed by atoms with E-state index in [1.807, 2.05) is 11.0 Å². The van der Waals surface area contributed by atoms with Gasteiger partial charge in [-0.05, 0) is 31.4 Å². The summed E-state index contributed by atoms with van der Waals surface area (Å²) >= 11 is 0. The molecule has 2 atom stereocenters. The second-order valence-electron chi connectivity index (χ2n) is 4.45. The average Bonchev–Trinajstić information content (AvgIpc) is 2.29. The van der Waals surface area contributed by atoms with Crippen LogP contribution >= 0.6 is 12.4 Å². The molecule has 1 aromatic rings. The zero-order valence-corrected chi connectivity index (χ0v) is 11.0. The highest BCUT2D eigenvalue weighted by molar-refractivity contribution is 5.85. The Morgan fingerprint density at radius 3 is 2.76 bits per heavy atom. The third kappa shape index (κ3) is 2.61. The number of rotatable bonds is 1. The summed E-state index contributed by atoms with van der Waals surface area (Å²) < 4.78 is 0. The lowest BCUT2D eigenvalue weighted by molar-refractivity contribution is -0.134. The highest BCUT2D eigenvalue weighted by Crippen LogP contribution is 2.29. The zero-order chi connectivity index (χ0) is 11.7. The van der Waals surface area contributed by atoms with Gasteiger partial charge < -0.3 is 10.6 Å². The van der Waals surface area contributed by atoms with Gasteiger partial charge >= 0.3 is 0 Å². The smallest absolute Gasteiger partial charge is 0.239 e. The van der Waals surface area contributed by atoms with Crippen LogP contribution in [-0.4, -0.2) is 23.4 Å². The predicted octanol–water partition coefficient (Wildman–Crippen LogP) is 1.90. The molecule has 94 valence electrons. The lowest BCUT2D eigenvalue weighted by Gasteiger charge is -2.36. The van der Waals surface area contributed by atoms with Crippen molar-refractivity contribution in [2.75, 3.05) is 6.54 Å². The largest absolute Gasteiger partial charge is 0.334 e. The standard InChI is InChI=1S/C13H18N2O.ClH/c1-9(14)13(16)15-8-7-11-5-3-4-6-12(11)10(15)2;/h3-6,9-10H,7-8,14H2,1-2H3;1H/t9-,10?;/m1./s1. The Morgan fingerprint density at radius 2 is 2.12 bits per heavy atom. The summed E-state index contributed by atoms with van der Waals surface area (Å²) in [5.74, 6) is 0.0435. The minimum atomic E-state index is -0.410. The van der Waals surface area contributed by atoms with Crippen LogP contribution in [0.5, 0.6) is 0 Å². The molecule has 0 saturated heterocycles. The lowest BCUT2D eigenvalue weighted by Crippen LogP contribution is -2.46. The zero-order valence-electron chi connectivity index (χ0n) is 10.2. The lowest BCUT2D eigenvalue weighted by atomic mass is 9.93. The molecule has 2 rings (SSSR count). The molecule has 1 aliphatic rings. The second-order valence-corrected chi connectivity index (χ2v) is 4.45. The Kier molecular flexibility index (Phi) is 4.54. The first-order valence-corrected chi connectivity index (χ1v) is 5.75. The number of amides is 1. The SMILES string of the molecule is CC1c2ccccc2CCN1C(=O)[C@@H](C)N.Cl. The molecule has 2 N–H and O–H groups in total. The highest BCUT2D eigenvalue weighted by atomic mass is 35.5. The molecule has 4 heteroatoms. The fourth-order valence-corrected chi connectivity index (χ4v) is 2.33. The molecule has 0 fully saturated rings. The molecular weight excluding hydrogens is 236 g/mol. The number of halogens is 1. The summed E-state index contributed by atoms with van der Waals surface area (Å²) in [6.07, 6.45) is 0.930. The van der Waals surface area contributed by atoms with Gasteiger partial charge in [-0.1, -0.05) is 24.3 Å². The van der Waals surface area contributed by atoms with Crippen LogP contribution in [0.4, 0.5) is 0 Å². The fourth-order valence-electron chi connectivity index (χ4n) is 2.33. The summed E-state index contributed by atoms with van der Waals surface area (Å²) in [7, 11) is 0. The van der Waals surface area contributed by atoms with Crippen LogP contribution in [0.15, 0.2) is 24.3 Å². The van der Waals surface area contributed by atoms with Crippen LogP contribution in [0, 0.1) is 0 Å². The molecule has 0 bridgehead atoms. The molecule has 1 unspecified atom stereocenters. The maximum atomic E-state index is 11.9. The maximum Gasteiger partial charge on any atom is 0.239 e. The normalized spacial score (nSPS) is 20.2. The molecule has 1 amide bonds. The molecule has 0 saturated carbocycles. The van der Waals surface area contributed by atoms with Crippen molar-refractivity contribution in [3.63, 3.8) is 0 Å². The van der Waals surface area contributed by atoms with Crippen LogP contribution in [0.3, 0.4) is 0 Å². The topological polar surface area (TPSA) is 46.3 Å². The summed E-state index contributed by atoms with van der Waals surface area (Å²) in [4.78, 5) is 13.8. The van der Waals surface area contributed by atoms with E-state index in [2.05, 4.69) is 25.1 Å². The van der Waals surface area contributed by atoms with E-state index < -0.39 is 6.04 Å². The van der Waals surface area contributed by atoms with Gasteiger partial charge in [-0.3, -0.25) is 4.79 Å². The summed E-state index contributed by atoms with van der Waals surface area (Å²) in [6.45, 7) is 4.59. The molecule has 0 aliphatic carbocycles. The van der Waals surface area contributed by atoms with Crippen molar-refractivity contribution in [3.8, 4) is 0 Å². The number of benzene rings is 1. The number of nitrogens with two attached hydrogens (primary N) is 1. The Bertz CT molecular complexity index is 406. The van der Waals surface area contributed by atoms with E-state index >= 15 is 0 Å². The van der Waals surface area contributed by atoms with Gasteiger partial charge in [0.2, 0.25) is 5.91 Å². The third-order valence-electron chi connectivity index (χ3n) is 3.27. The first kappa shape index (κ1) is 14.0. The van der Waals surface area contributed by atoms with Crippen molar-refractivity contribution in [1.82, 2.24) is 4.90 Å². The molecule has 0 aromatic heterocycles. The number of nitrogens with zero attached hydrogens (tertiary/aromatic N) is 1. The van der Waals surface area contributed by atoms with Crippen molar-refractivity contribution in [2.45, 2.75) is 32.4 Å². The van der Waals surface area contributed by atoms with Crippen molar-refractivity contribution in [2.24, 2.45) is 5.73 Å². The van der Waals surface area contributed by atoms with Gasteiger partial charge in [-0.25, -0.2) is 0 Å². The molecule has 3 nitrogen and oxygen atoms in total. The van der Waals surface area contributed by atoms with E-state index in [9.17, 15) is 4.79 Å². The molecular formula is C13H19ClN2O. The minimum absolute atomic E-state index is 0.